The molecule has 0 atom stereocenters. The number of rotatable bonds is 6. The van der Waals surface area contributed by atoms with E-state index in [1.807, 2.05) is 30.3 Å². The maximum absolute atomic E-state index is 13.3. The van der Waals surface area contributed by atoms with Crippen LogP contribution in [-0.4, -0.2) is 38.8 Å². The van der Waals surface area contributed by atoms with E-state index in [0.29, 0.717) is 37.5 Å². The van der Waals surface area contributed by atoms with Crippen molar-refractivity contribution in [2.75, 3.05) is 32.2 Å². The molecule has 28 heavy (non-hydrogen) atoms. The van der Waals surface area contributed by atoms with Crippen LogP contribution in [0.3, 0.4) is 0 Å². The molecule has 3 rings (SSSR count). The van der Waals surface area contributed by atoms with Crippen molar-refractivity contribution in [3.8, 4) is 5.75 Å². The minimum atomic E-state index is -0.663. The number of benzene rings is 2. The summed E-state index contributed by atoms with van der Waals surface area (Å²) >= 11 is 0. The van der Waals surface area contributed by atoms with E-state index in [0.717, 1.165) is 5.56 Å². The Kier molecular flexibility index (Phi) is 6.31. The van der Waals surface area contributed by atoms with Gasteiger partial charge in [0.05, 0.1) is 19.1 Å². The second kappa shape index (κ2) is 8.89. The van der Waals surface area contributed by atoms with E-state index in [9.17, 15) is 9.59 Å². The van der Waals surface area contributed by atoms with Gasteiger partial charge in [0.15, 0.2) is 0 Å². The molecular formula is C22H25NO5. The third kappa shape index (κ3) is 4.02. The zero-order chi connectivity index (χ0) is 20.0. The molecule has 0 unspecified atom stereocenters. The van der Waals surface area contributed by atoms with Crippen LogP contribution >= 0.6 is 0 Å². The predicted octanol–water partition coefficient (Wildman–Crippen LogP) is 3.56. The minimum absolute atomic E-state index is 0.109. The minimum Gasteiger partial charge on any atom is -0.496 e. The summed E-state index contributed by atoms with van der Waals surface area (Å²) in [4.78, 5) is 25.6. The van der Waals surface area contributed by atoms with Gasteiger partial charge in [-0.05, 0) is 43.5 Å². The Morgan fingerprint density at radius 3 is 2.46 bits per heavy atom. The number of methoxy groups -OCH3 is 1. The fraction of sp³-hybridized carbons (Fsp3) is 0.364. The molecule has 1 N–H and O–H groups in total. The highest BCUT2D eigenvalue weighted by Gasteiger charge is 2.41. The SMILES string of the molecule is CCOC(=O)c1cc(NC(=O)C2(c3ccccc3)CCOCC2)ccc1OC. The highest BCUT2D eigenvalue weighted by molar-refractivity contribution is 6.01. The quantitative estimate of drug-likeness (QED) is 0.772. The molecule has 6 nitrogen and oxygen atoms in total. The van der Waals surface area contributed by atoms with E-state index in [1.165, 1.54) is 7.11 Å². The summed E-state index contributed by atoms with van der Waals surface area (Å²) in [7, 11) is 1.49. The Balaban J connectivity index is 1.90. The van der Waals surface area contributed by atoms with E-state index in [-0.39, 0.29) is 18.1 Å². The predicted molar refractivity (Wildman–Crippen MR) is 106 cm³/mol. The lowest BCUT2D eigenvalue weighted by molar-refractivity contribution is -0.125. The number of esters is 1. The standard InChI is InChI=1S/C22H25NO5/c1-3-28-20(24)18-15-17(9-10-19(18)26-2)23-21(25)22(11-13-27-14-12-22)16-7-5-4-6-8-16/h4-10,15H,3,11-14H2,1-2H3,(H,23,25). The third-order valence-corrected chi connectivity index (χ3v) is 5.06. The van der Waals surface area contributed by atoms with Gasteiger partial charge >= 0.3 is 5.97 Å². The normalized spacial score (nSPS) is 15.5. The summed E-state index contributed by atoms with van der Waals surface area (Å²) in [5.74, 6) is -0.193. The molecule has 0 aliphatic carbocycles. The number of hydrogen-bond donors (Lipinski definition) is 1. The summed E-state index contributed by atoms with van der Waals surface area (Å²) in [6.07, 6.45) is 1.20. The molecule has 2 aromatic rings. The Morgan fingerprint density at radius 1 is 1.11 bits per heavy atom. The van der Waals surface area contributed by atoms with Gasteiger partial charge in [0.25, 0.3) is 0 Å². The van der Waals surface area contributed by atoms with Gasteiger partial charge < -0.3 is 19.5 Å². The fourth-order valence-corrected chi connectivity index (χ4v) is 3.53. The number of hydrogen-bond acceptors (Lipinski definition) is 5. The van der Waals surface area contributed by atoms with E-state index < -0.39 is 11.4 Å². The monoisotopic (exact) mass is 383 g/mol. The van der Waals surface area contributed by atoms with Gasteiger partial charge in [0.1, 0.15) is 11.3 Å². The molecule has 2 aromatic carbocycles. The second-order valence-electron chi connectivity index (χ2n) is 6.65. The molecule has 1 saturated heterocycles. The average molecular weight is 383 g/mol. The Morgan fingerprint density at radius 2 is 1.82 bits per heavy atom. The first kappa shape index (κ1) is 19.9. The van der Waals surface area contributed by atoms with Crippen molar-refractivity contribution in [2.45, 2.75) is 25.2 Å². The number of amides is 1. The zero-order valence-electron chi connectivity index (χ0n) is 16.2. The van der Waals surface area contributed by atoms with Crippen LogP contribution in [-0.2, 0) is 19.7 Å². The molecule has 0 saturated carbocycles. The van der Waals surface area contributed by atoms with Gasteiger partial charge in [-0.2, -0.15) is 0 Å². The molecule has 0 bridgehead atoms. The highest BCUT2D eigenvalue weighted by Crippen LogP contribution is 2.36. The van der Waals surface area contributed by atoms with E-state index >= 15 is 0 Å². The van der Waals surface area contributed by atoms with Crippen molar-refractivity contribution >= 4 is 17.6 Å². The van der Waals surface area contributed by atoms with Gasteiger partial charge in [0.2, 0.25) is 5.91 Å². The smallest absolute Gasteiger partial charge is 0.341 e. The Bertz CT molecular complexity index is 828. The molecular weight excluding hydrogens is 358 g/mol. The van der Waals surface area contributed by atoms with Crippen molar-refractivity contribution in [3.63, 3.8) is 0 Å². The number of ether oxygens (including phenoxy) is 3. The first-order valence-electron chi connectivity index (χ1n) is 9.40. The topological polar surface area (TPSA) is 73.9 Å². The van der Waals surface area contributed by atoms with E-state index in [1.54, 1.807) is 25.1 Å². The van der Waals surface area contributed by atoms with Gasteiger partial charge in [0, 0.05) is 18.9 Å². The van der Waals surface area contributed by atoms with E-state index in [4.69, 9.17) is 14.2 Å². The molecule has 1 amide bonds. The molecule has 1 aliphatic rings. The van der Waals surface area contributed by atoms with Crippen molar-refractivity contribution < 1.29 is 23.8 Å². The van der Waals surface area contributed by atoms with Crippen LogP contribution in [0.25, 0.3) is 0 Å². The van der Waals surface area contributed by atoms with Gasteiger partial charge in [-0.15, -0.1) is 0 Å². The molecule has 0 radical (unpaired) electrons. The lowest BCUT2D eigenvalue weighted by Crippen LogP contribution is -2.44. The van der Waals surface area contributed by atoms with Crippen LogP contribution in [0.1, 0.15) is 35.7 Å². The first-order valence-corrected chi connectivity index (χ1v) is 9.40. The van der Waals surface area contributed by atoms with Crippen LogP contribution in [0.4, 0.5) is 5.69 Å². The number of nitrogens with one attached hydrogen (secondary N) is 1. The van der Waals surface area contributed by atoms with Crippen LogP contribution in [0.15, 0.2) is 48.5 Å². The van der Waals surface area contributed by atoms with Crippen LogP contribution < -0.4 is 10.1 Å². The maximum atomic E-state index is 13.3. The molecule has 1 heterocycles. The summed E-state index contributed by atoms with van der Waals surface area (Å²) in [6, 6.07) is 14.7. The average Bonchev–Trinajstić information content (AvgIpc) is 2.75. The Labute approximate surface area is 164 Å². The summed E-state index contributed by atoms with van der Waals surface area (Å²) in [5, 5.41) is 2.98. The van der Waals surface area contributed by atoms with Crippen LogP contribution in [0.2, 0.25) is 0 Å². The van der Waals surface area contributed by atoms with Crippen LogP contribution in [0, 0.1) is 0 Å². The maximum Gasteiger partial charge on any atom is 0.341 e. The van der Waals surface area contributed by atoms with Gasteiger partial charge in [-0.3, -0.25) is 4.79 Å². The third-order valence-electron chi connectivity index (χ3n) is 5.06. The zero-order valence-corrected chi connectivity index (χ0v) is 16.2. The summed E-state index contributed by atoms with van der Waals surface area (Å²) < 4.78 is 15.8. The number of anilines is 1. The van der Waals surface area contributed by atoms with E-state index in [2.05, 4.69) is 5.32 Å². The van der Waals surface area contributed by atoms with Crippen LogP contribution in [0.5, 0.6) is 5.75 Å². The molecule has 0 spiro atoms. The lowest BCUT2D eigenvalue weighted by Gasteiger charge is -2.36. The first-order chi connectivity index (χ1) is 13.6. The molecule has 148 valence electrons. The second-order valence-corrected chi connectivity index (χ2v) is 6.65. The number of carbonyl (C=O) groups is 2. The Hall–Kier alpha value is -2.86. The molecule has 0 aromatic heterocycles. The summed E-state index contributed by atoms with van der Waals surface area (Å²) in [6.45, 7) is 3.05. The van der Waals surface area contributed by atoms with Crippen molar-refractivity contribution in [1.82, 2.24) is 0 Å². The molecule has 6 heteroatoms. The van der Waals surface area contributed by atoms with Crippen molar-refractivity contribution in [3.05, 3.63) is 59.7 Å². The van der Waals surface area contributed by atoms with Crippen molar-refractivity contribution in [1.29, 1.82) is 0 Å². The van der Waals surface area contributed by atoms with Gasteiger partial charge in [-0.25, -0.2) is 4.79 Å². The lowest BCUT2D eigenvalue weighted by atomic mass is 9.73. The van der Waals surface area contributed by atoms with Gasteiger partial charge in [-0.1, -0.05) is 30.3 Å². The fourth-order valence-electron chi connectivity index (χ4n) is 3.53. The summed E-state index contributed by atoms with van der Waals surface area (Å²) in [5.41, 5.74) is 1.11. The number of carbonyl (C=O) groups excluding carboxylic acids is 2. The molecule has 1 fully saturated rings. The molecule has 1 aliphatic heterocycles. The highest BCUT2D eigenvalue weighted by atomic mass is 16.5. The van der Waals surface area contributed by atoms with Crippen molar-refractivity contribution in [2.24, 2.45) is 0 Å². The largest absolute Gasteiger partial charge is 0.496 e.